The first-order valence-electron chi connectivity index (χ1n) is 9.02. The first-order valence-corrected chi connectivity index (χ1v) is 9.02. The van der Waals surface area contributed by atoms with Crippen LogP contribution in [0.2, 0.25) is 0 Å². The molecule has 3 N–H and O–H groups in total. The Morgan fingerprint density at radius 2 is 1.86 bits per heavy atom. The lowest BCUT2D eigenvalue weighted by atomic mass is 10.1. The molecule has 3 rings (SSSR count). The van der Waals surface area contributed by atoms with Gasteiger partial charge in [0.1, 0.15) is 0 Å². The number of nitrogens with zero attached hydrogens (tertiary/aromatic N) is 3. The topological polar surface area (TPSA) is 113 Å². The summed E-state index contributed by atoms with van der Waals surface area (Å²) in [6, 6.07) is 12.3. The van der Waals surface area contributed by atoms with Crippen LogP contribution in [-0.4, -0.2) is 32.6 Å². The third-order valence-corrected chi connectivity index (χ3v) is 3.97. The van der Waals surface area contributed by atoms with E-state index in [0.29, 0.717) is 36.7 Å². The number of rotatable bonds is 7. The van der Waals surface area contributed by atoms with E-state index in [2.05, 4.69) is 30.8 Å². The minimum Gasteiger partial charge on any atom is -0.354 e. The van der Waals surface area contributed by atoms with Gasteiger partial charge in [-0.05, 0) is 44.5 Å². The van der Waals surface area contributed by atoms with Crippen molar-refractivity contribution in [2.45, 2.75) is 26.7 Å². The van der Waals surface area contributed by atoms with Crippen LogP contribution in [0.25, 0.3) is 11.3 Å². The van der Waals surface area contributed by atoms with E-state index in [1.54, 1.807) is 6.07 Å². The van der Waals surface area contributed by atoms with Gasteiger partial charge in [0, 0.05) is 41.7 Å². The molecule has 0 saturated heterocycles. The maximum Gasteiger partial charge on any atom is 0.264 e. The van der Waals surface area contributed by atoms with E-state index in [1.165, 1.54) is 6.07 Å². The van der Waals surface area contributed by atoms with Crippen molar-refractivity contribution in [1.29, 1.82) is 0 Å². The van der Waals surface area contributed by atoms with Gasteiger partial charge in [0.2, 0.25) is 11.9 Å². The zero-order valence-electron chi connectivity index (χ0n) is 15.8. The fourth-order valence-electron chi connectivity index (χ4n) is 2.74. The van der Waals surface area contributed by atoms with Gasteiger partial charge < -0.3 is 10.6 Å². The standard InChI is InChI=1S/C20H22N6O2/c1-13-11-14(2)23-20(22-13)21-10-4-7-18(27)24-16-6-3-5-15(12-16)17-8-9-19(28)26-25-17/h3,5-6,8-9,11-12H,4,7,10H2,1-2H3,(H,24,27)(H,26,28)(H,21,22,23). The molecule has 144 valence electrons. The van der Waals surface area contributed by atoms with Crippen LogP contribution in [0.3, 0.4) is 0 Å². The number of carbonyl (C=O) groups is 1. The number of anilines is 2. The third kappa shape index (κ3) is 5.47. The van der Waals surface area contributed by atoms with Gasteiger partial charge in [-0.25, -0.2) is 15.1 Å². The Balaban J connectivity index is 1.50. The van der Waals surface area contributed by atoms with Gasteiger partial charge in [-0.15, -0.1) is 0 Å². The van der Waals surface area contributed by atoms with Gasteiger partial charge in [0.25, 0.3) is 5.56 Å². The highest BCUT2D eigenvalue weighted by Crippen LogP contribution is 2.19. The van der Waals surface area contributed by atoms with E-state index in [1.807, 2.05) is 44.2 Å². The Hall–Kier alpha value is -3.55. The molecule has 0 spiro atoms. The van der Waals surface area contributed by atoms with Crippen molar-refractivity contribution < 1.29 is 4.79 Å². The van der Waals surface area contributed by atoms with Crippen LogP contribution in [0.4, 0.5) is 11.6 Å². The van der Waals surface area contributed by atoms with Crippen LogP contribution < -0.4 is 16.2 Å². The molecule has 28 heavy (non-hydrogen) atoms. The molecule has 0 radical (unpaired) electrons. The molecule has 0 atom stereocenters. The zero-order chi connectivity index (χ0) is 19.9. The summed E-state index contributed by atoms with van der Waals surface area (Å²) in [6.45, 7) is 4.45. The monoisotopic (exact) mass is 378 g/mol. The van der Waals surface area contributed by atoms with Crippen molar-refractivity contribution >= 4 is 17.5 Å². The molecule has 1 amide bonds. The van der Waals surface area contributed by atoms with Gasteiger partial charge in [0.05, 0.1) is 5.69 Å². The van der Waals surface area contributed by atoms with Gasteiger partial charge >= 0.3 is 0 Å². The second kappa shape index (κ2) is 8.90. The van der Waals surface area contributed by atoms with Crippen LogP contribution >= 0.6 is 0 Å². The highest BCUT2D eigenvalue weighted by atomic mass is 16.1. The highest BCUT2D eigenvalue weighted by Gasteiger charge is 2.06. The van der Waals surface area contributed by atoms with Crippen molar-refractivity contribution in [2.24, 2.45) is 0 Å². The van der Waals surface area contributed by atoms with Gasteiger partial charge in [0.15, 0.2) is 0 Å². The van der Waals surface area contributed by atoms with Crippen molar-refractivity contribution in [3.8, 4) is 11.3 Å². The second-order valence-electron chi connectivity index (χ2n) is 6.44. The van der Waals surface area contributed by atoms with Crippen LogP contribution in [0.15, 0.2) is 47.3 Å². The number of hydrogen-bond donors (Lipinski definition) is 3. The molecule has 2 aromatic heterocycles. The molecule has 0 bridgehead atoms. The molecule has 8 heteroatoms. The summed E-state index contributed by atoms with van der Waals surface area (Å²) < 4.78 is 0. The molecule has 0 fully saturated rings. The maximum atomic E-state index is 12.2. The van der Waals surface area contributed by atoms with E-state index >= 15 is 0 Å². The van der Waals surface area contributed by atoms with Crippen LogP contribution in [0, 0.1) is 13.8 Å². The Kier molecular flexibility index (Phi) is 6.11. The first kappa shape index (κ1) is 19.2. The molecule has 0 aliphatic rings. The number of hydrogen-bond acceptors (Lipinski definition) is 6. The van der Waals surface area contributed by atoms with Gasteiger partial charge in [-0.1, -0.05) is 12.1 Å². The molecule has 0 saturated carbocycles. The Labute approximate surface area is 162 Å². The number of aromatic nitrogens is 4. The molecule has 0 aliphatic carbocycles. The molecule has 3 aromatic rings. The fraction of sp³-hybridized carbons (Fsp3) is 0.250. The van der Waals surface area contributed by atoms with Crippen molar-refractivity contribution in [1.82, 2.24) is 20.2 Å². The van der Waals surface area contributed by atoms with Gasteiger partial charge in [-0.3, -0.25) is 9.59 Å². The third-order valence-electron chi connectivity index (χ3n) is 3.97. The van der Waals surface area contributed by atoms with Crippen molar-refractivity contribution in [3.05, 3.63) is 64.2 Å². The molecular weight excluding hydrogens is 356 g/mol. The average Bonchev–Trinajstić information content (AvgIpc) is 2.65. The molecule has 0 aliphatic heterocycles. The summed E-state index contributed by atoms with van der Waals surface area (Å²) in [5, 5.41) is 12.4. The number of benzene rings is 1. The van der Waals surface area contributed by atoms with E-state index in [-0.39, 0.29) is 11.5 Å². The Morgan fingerprint density at radius 3 is 2.57 bits per heavy atom. The summed E-state index contributed by atoms with van der Waals surface area (Å²) in [6.07, 6.45) is 1.03. The molecule has 0 unspecified atom stereocenters. The second-order valence-corrected chi connectivity index (χ2v) is 6.44. The van der Waals surface area contributed by atoms with Crippen molar-refractivity contribution in [2.75, 3.05) is 17.2 Å². The number of H-pyrrole nitrogens is 1. The quantitative estimate of drug-likeness (QED) is 0.545. The molecule has 2 heterocycles. The smallest absolute Gasteiger partial charge is 0.264 e. The lowest BCUT2D eigenvalue weighted by Crippen LogP contribution is -2.14. The minimum absolute atomic E-state index is 0.0743. The fourth-order valence-corrected chi connectivity index (χ4v) is 2.74. The van der Waals surface area contributed by atoms with E-state index in [4.69, 9.17) is 0 Å². The predicted molar refractivity (Wildman–Crippen MR) is 108 cm³/mol. The van der Waals surface area contributed by atoms with Crippen LogP contribution in [0.1, 0.15) is 24.2 Å². The summed E-state index contributed by atoms with van der Waals surface area (Å²) >= 11 is 0. The van der Waals surface area contributed by atoms with E-state index < -0.39 is 0 Å². The SMILES string of the molecule is Cc1cc(C)nc(NCCCC(=O)Nc2cccc(-c3ccc(=O)[nH]n3)c2)n1. The van der Waals surface area contributed by atoms with E-state index in [0.717, 1.165) is 17.0 Å². The maximum absolute atomic E-state index is 12.2. The molecule has 1 aromatic carbocycles. The normalized spacial score (nSPS) is 10.5. The van der Waals surface area contributed by atoms with Crippen LogP contribution in [-0.2, 0) is 4.79 Å². The summed E-state index contributed by atoms with van der Waals surface area (Å²) in [4.78, 5) is 31.9. The van der Waals surface area contributed by atoms with Crippen LogP contribution in [0.5, 0.6) is 0 Å². The number of amides is 1. The predicted octanol–water partition coefficient (Wildman–Crippen LogP) is 2.67. The lowest BCUT2D eigenvalue weighted by Gasteiger charge is -2.08. The van der Waals surface area contributed by atoms with Gasteiger partial charge in [-0.2, -0.15) is 5.10 Å². The number of aryl methyl sites for hydroxylation is 2. The number of carbonyl (C=O) groups excluding carboxylic acids is 1. The average molecular weight is 378 g/mol. The number of aromatic amines is 1. The molecular formula is C20H22N6O2. The zero-order valence-corrected chi connectivity index (χ0v) is 15.8. The summed E-state index contributed by atoms with van der Waals surface area (Å²) in [5.74, 6) is 0.508. The largest absolute Gasteiger partial charge is 0.354 e. The summed E-state index contributed by atoms with van der Waals surface area (Å²) in [7, 11) is 0. The molecule has 8 nitrogen and oxygen atoms in total. The Bertz CT molecular complexity index is 990. The Morgan fingerprint density at radius 1 is 1.07 bits per heavy atom. The van der Waals surface area contributed by atoms with Crippen molar-refractivity contribution in [3.63, 3.8) is 0 Å². The number of nitrogens with one attached hydrogen (secondary N) is 3. The van der Waals surface area contributed by atoms with E-state index in [9.17, 15) is 9.59 Å². The lowest BCUT2D eigenvalue weighted by molar-refractivity contribution is -0.116. The highest BCUT2D eigenvalue weighted by molar-refractivity contribution is 5.91. The first-order chi connectivity index (χ1) is 13.5. The minimum atomic E-state index is -0.256. The summed E-state index contributed by atoms with van der Waals surface area (Å²) in [5.41, 5.74) is 3.68.